The molecule has 3 aromatic rings. The molecule has 22 heavy (non-hydrogen) atoms. The maximum absolute atomic E-state index is 5.96. The molecule has 0 fully saturated rings. The zero-order valence-electron chi connectivity index (χ0n) is 13.0. The highest BCUT2D eigenvalue weighted by molar-refractivity contribution is 7.22. The molecule has 0 saturated carbocycles. The Kier molecular flexibility index (Phi) is 4.20. The van der Waals surface area contributed by atoms with Crippen molar-refractivity contribution in [2.45, 2.75) is 6.61 Å². The number of hydrogen-bond donors (Lipinski definition) is 0. The van der Waals surface area contributed by atoms with Gasteiger partial charge in [-0.05, 0) is 23.1 Å². The summed E-state index contributed by atoms with van der Waals surface area (Å²) < 4.78 is 12.6. The first-order valence-electron chi connectivity index (χ1n) is 7.13. The Morgan fingerprint density at radius 3 is 2.45 bits per heavy atom. The lowest BCUT2D eigenvalue weighted by Crippen LogP contribution is -2.05. The Labute approximate surface area is 134 Å². The summed E-state index contributed by atoms with van der Waals surface area (Å²) in [6, 6.07) is 16.4. The zero-order chi connectivity index (χ0) is 15.5. The molecule has 1 heterocycles. The van der Waals surface area contributed by atoms with Gasteiger partial charge in [-0.15, -0.1) is 11.3 Å². The number of nitrogens with zero attached hydrogens (tertiary/aromatic N) is 1. The van der Waals surface area contributed by atoms with Crippen LogP contribution in [-0.4, -0.2) is 21.2 Å². The van der Waals surface area contributed by atoms with Crippen molar-refractivity contribution < 1.29 is 9.47 Å². The molecule has 0 aliphatic carbocycles. The molecule has 4 heteroatoms. The smallest absolute Gasteiger partial charge is 0.163 e. The standard InChI is InChI=1S/C18H19NO2S/c1-19(2)18-10-14-9-15(20-3)16(11-17(14)22-18)21-12-13-7-5-4-6-8-13/h4-11H,12H2,1-3H3. The second-order valence-corrected chi connectivity index (χ2v) is 6.36. The minimum atomic E-state index is 0.536. The van der Waals surface area contributed by atoms with Crippen LogP contribution in [0.4, 0.5) is 5.00 Å². The largest absolute Gasteiger partial charge is 0.493 e. The number of anilines is 1. The summed E-state index contributed by atoms with van der Waals surface area (Å²) in [5.74, 6) is 1.55. The third-order valence-electron chi connectivity index (χ3n) is 3.47. The van der Waals surface area contributed by atoms with Crippen LogP contribution in [0.2, 0.25) is 0 Å². The van der Waals surface area contributed by atoms with E-state index in [1.165, 1.54) is 15.1 Å². The van der Waals surface area contributed by atoms with Crippen LogP contribution in [0.25, 0.3) is 10.1 Å². The van der Waals surface area contributed by atoms with Gasteiger partial charge in [-0.25, -0.2) is 0 Å². The van der Waals surface area contributed by atoms with Crippen LogP contribution < -0.4 is 14.4 Å². The highest BCUT2D eigenvalue weighted by atomic mass is 32.1. The first kappa shape index (κ1) is 14.7. The number of rotatable bonds is 5. The number of methoxy groups -OCH3 is 1. The number of hydrogen-bond acceptors (Lipinski definition) is 4. The highest BCUT2D eigenvalue weighted by Gasteiger charge is 2.11. The molecule has 0 saturated heterocycles. The van der Waals surface area contributed by atoms with Crippen molar-refractivity contribution in [2.75, 3.05) is 26.1 Å². The predicted octanol–water partition coefficient (Wildman–Crippen LogP) is 4.55. The monoisotopic (exact) mass is 313 g/mol. The van der Waals surface area contributed by atoms with Gasteiger partial charge in [0.1, 0.15) is 6.61 Å². The van der Waals surface area contributed by atoms with Crippen LogP contribution in [0.5, 0.6) is 11.5 Å². The topological polar surface area (TPSA) is 21.7 Å². The third kappa shape index (κ3) is 3.02. The van der Waals surface area contributed by atoms with E-state index in [1.54, 1.807) is 18.4 Å². The summed E-state index contributed by atoms with van der Waals surface area (Å²) in [7, 11) is 5.78. The summed E-state index contributed by atoms with van der Waals surface area (Å²) in [5, 5.41) is 2.40. The van der Waals surface area contributed by atoms with E-state index < -0.39 is 0 Å². The molecule has 114 valence electrons. The van der Waals surface area contributed by atoms with E-state index in [4.69, 9.17) is 9.47 Å². The Morgan fingerprint density at radius 1 is 1.00 bits per heavy atom. The maximum Gasteiger partial charge on any atom is 0.163 e. The molecule has 0 amide bonds. The molecule has 0 aliphatic heterocycles. The minimum absolute atomic E-state index is 0.536. The van der Waals surface area contributed by atoms with Crippen LogP contribution in [0.15, 0.2) is 48.5 Å². The van der Waals surface area contributed by atoms with Crippen molar-refractivity contribution in [1.29, 1.82) is 0 Å². The Balaban J connectivity index is 1.90. The number of fused-ring (bicyclic) bond motifs is 1. The summed E-state index contributed by atoms with van der Waals surface area (Å²) in [5.41, 5.74) is 1.14. The lowest BCUT2D eigenvalue weighted by Gasteiger charge is -2.11. The van der Waals surface area contributed by atoms with E-state index in [9.17, 15) is 0 Å². The average Bonchev–Trinajstić information content (AvgIpc) is 2.96. The van der Waals surface area contributed by atoms with Crippen molar-refractivity contribution in [3.8, 4) is 11.5 Å². The molecule has 0 radical (unpaired) electrons. The highest BCUT2D eigenvalue weighted by Crippen LogP contribution is 2.39. The van der Waals surface area contributed by atoms with Gasteiger partial charge >= 0.3 is 0 Å². The summed E-state index contributed by atoms with van der Waals surface area (Å²) >= 11 is 1.75. The molecular formula is C18H19NO2S. The number of benzene rings is 2. The van der Waals surface area contributed by atoms with Crippen molar-refractivity contribution >= 4 is 26.4 Å². The molecule has 0 unspecified atom stereocenters. The molecule has 2 aromatic carbocycles. The molecular weight excluding hydrogens is 294 g/mol. The van der Waals surface area contributed by atoms with Crippen LogP contribution >= 0.6 is 11.3 Å². The van der Waals surface area contributed by atoms with Crippen molar-refractivity contribution in [1.82, 2.24) is 0 Å². The maximum atomic E-state index is 5.96. The van der Waals surface area contributed by atoms with Gasteiger partial charge in [-0.1, -0.05) is 30.3 Å². The second kappa shape index (κ2) is 6.28. The third-order valence-corrected chi connectivity index (χ3v) is 4.73. The quantitative estimate of drug-likeness (QED) is 0.689. The summed E-state index contributed by atoms with van der Waals surface area (Å²) in [4.78, 5) is 2.11. The van der Waals surface area contributed by atoms with Crippen LogP contribution in [0.3, 0.4) is 0 Å². The first-order chi connectivity index (χ1) is 10.7. The van der Waals surface area contributed by atoms with E-state index in [-0.39, 0.29) is 0 Å². The lowest BCUT2D eigenvalue weighted by atomic mass is 10.2. The molecule has 3 rings (SSSR count). The van der Waals surface area contributed by atoms with E-state index in [0.29, 0.717) is 6.61 Å². The lowest BCUT2D eigenvalue weighted by molar-refractivity contribution is 0.285. The molecule has 0 N–H and O–H groups in total. The summed E-state index contributed by atoms with van der Waals surface area (Å²) in [6.07, 6.45) is 0. The average molecular weight is 313 g/mol. The fourth-order valence-corrected chi connectivity index (χ4v) is 3.26. The Hall–Kier alpha value is -2.20. The van der Waals surface area contributed by atoms with Gasteiger partial charge in [-0.3, -0.25) is 0 Å². The van der Waals surface area contributed by atoms with Gasteiger partial charge in [0.15, 0.2) is 11.5 Å². The number of thiophene rings is 1. The Bertz CT molecular complexity index is 765. The van der Waals surface area contributed by atoms with Gasteiger partial charge in [0.05, 0.1) is 12.1 Å². The fraction of sp³-hybridized carbons (Fsp3) is 0.222. The van der Waals surface area contributed by atoms with Crippen molar-refractivity contribution in [3.05, 3.63) is 54.1 Å². The first-order valence-corrected chi connectivity index (χ1v) is 7.94. The predicted molar refractivity (Wildman–Crippen MR) is 93.5 cm³/mol. The van der Waals surface area contributed by atoms with Gasteiger partial charge < -0.3 is 14.4 Å². The van der Waals surface area contributed by atoms with Crippen LogP contribution in [0.1, 0.15) is 5.56 Å². The number of ether oxygens (including phenoxy) is 2. The van der Waals surface area contributed by atoms with Gasteiger partial charge in [0.25, 0.3) is 0 Å². The molecule has 0 aliphatic rings. The van der Waals surface area contributed by atoms with E-state index in [0.717, 1.165) is 17.1 Å². The van der Waals surface area contributed by atoms with Gasteiger partial charge in [-0.2, -0.15) is 0 Å². The van der Waals surface area contributed by atoms with E-state index in [2.05, 4.69) is 43.3 Å². The molecule has 0 bridgehead atoms. The molecule has 1 aromatic heterocycles. The molecule has 0 spiro atoms. The minimum Gasteiger partial charge on any atom is -0.493 e. The summed E-state index contributed by atoms with van der Waals surface area (Å²) in [6.45, 7) is 0.536. The van der Waals surface area contributed by atoms with E-state index in [1.807, 2.05) is 24.3 Å². The van der Waals surface area contributed by atoms with Crippen LogP contribution in [-0.2, 0) is 6.61 Å². The fourth-order valence-electron chi connectivity index (χ4n) is 2.26. The molecule has 0 atom stereocenters. The van der Waals surface area contributed by atoms with Crippen LogP contribution in [0, 0.1) is 0 Å². The van der Waals surface area contributed by atoms with E-state index >= 15 is 0 Å². The Morgan fingerprint density at radius 2 is 1.77 bits per heavy atom. The van der Waals surface area contributed by atoms with Gasteiger partial charge in [0.2, 0.25) is 0 Å². The SMILES string of the molecule is COc1cc2cc(N(C)C)sc2cc1OCc1ccccc1. The van der Waals surface area contributed by atoms with Gasteiger partial charge in [0, 0.05) is 24.9 Å². The van der Waals surface area contributed by atoms with Crippen molar-refractivity contribution in [3.63, 3.8) is 0 Å². The second-order valence-electron chi connectivity index (χ2n) is 5.29. The normalized spacial score (nSPS) is 10.7. The molecule has 3 nitrogen and oxygen atoms in total. The van der Waals surface area contributed by atoms with Crippen molar-refractivity contribution in [2.24, 2.45) is 0 Å². The zero-order valence-corrected chi connectivity index (χ0v) is 13.8.